The molecule has 0 saturated heterocycles. The summed E-state index contributed by atoms with van der Waals surface area (Å²) >= 11 is 0. The molecule has 6 heteroatoms. The molecule has 1 unspecified atom stereocenters. The summed E-state index contributed by atoms with van der Waals surface area (Å²) in [4.78, 5) is 3.85. The van der Waals surface area contributed by atoms with Crippen molar-refractivity contribution in [1.82, 2.24) is 14.9 Å². The molecular formula is C13H18F3N3. The molecule has 1 aromatic rings. The molecule has 2 aliphatic rings. The Morgan fingerprint density at radius 1 is 1.42 bits per heavy atom. The van der Waals surface area contributed by atoms with Crippen molar-refractivity contribution < 1.29 is 13.2 Å². The van der Waals surface area contributed by atoms with Crippen LogP contribution in [0.25, 0.3) is 0 Å². The second-order valence-electron chi connectivity index (χ2n) is 5.65. The minimum atomic E-state index is -4.37. The Morgan fingerprint density at radius 3 is 2.79 bits per heavy atom. The van der Waals surface area contributed by atoms with E-state index >= 15 is 0 Å². The quantitative estimate of drug-likeness (QED) is 0.917. The van der Waals surface area contributed by atoms with Gasteiger partial charge in [0, 0.05) is 31.2 Å². The maximum absolute atomic E-state index is 13.1. The van der Waals surface area contributed by atoms with Crippen LogP contribution >= 0.6 is 0 Å². The minimum absolute atomic E-state index is 0.113. The molecule has 2 heterocycles. The molecule has 3 nitrogen and oxygen atoms in total. The molecule has 0 spiro atoms. The standard InChI is InChI=1S/C13H18F3N3/c1-8(6-9-2-3-9)19-11-4-5-17-7-10(11)18-12(19)13(14,15)16/h8-9,17H,2-7H2,1H3. The van der Waals surface area contributed by atoms with Gasteiger partial charge in [-0.15, -0.1) is 0 Å². The van der Waals surface area contributed by atoms with Crippen LogP contribution in [0, 0.1) is 5.92 Å². The maximum Gasteiger partial charge on any atom is 0.449 e. The monoisotopic (exact) mass is 273 g/mol. The lowest BCUT2D eigenvalue weighted by molar-refractivity contribution is -0.148. The third-order valence-corrected chi connectivity index (χ3v) is 3.99. The van der Waals surface area contributed by atoms with E-state index in [1.54, 1.807) is 0 Å². The van der Waals surface area contributed by atoms with Crippen LogP contribution in [-0.2, 0) is 19.1 Å². The van der Waals surface area contributed by atoms with E-state index < -0.39 is 12.0 Å². The van der Waals surface area contributed by atoms with Gasteiger partial charge in [-0.2, -0.15) is 13.2 Å². The average molecular weight is 273 g/mol. The van der Waals surface area contributed by atoms with Crippen LogP contribution in [0.4, 0.5) is 13.2 Å². The Kier molecular flexibility index (Phi) is 3.08. The van der Waals surface area contributed by atoms with Crippen LogP contribution in [0.1, 0.15) is 49.4 Å². The zero-order valence-corrected chi connectivity index (χ0v) is 10.9. The van der Waals surface area contributed by atoms with Gasteiger partial charge in [0.05, 0.1) is 5.69 Å². The highest BCUT2D eigenvalue weighted by atomic mass is 19.4. The Morgan fingerprint density at radius 2 is 2.16 bits per heavy atom. The molecule has 0 amide bonds. The van der Waals surface area contributed by atoms with E-state index in [1.165, 1.54) is 4.57 Å². The molecule has 1 N–H and O–H groups in total. The van der Waals surface area contributed by atoms with Crippen molar-refractivity contribution >= 4 is 0 Å². The number of aromatic nitrogens is 2. The van der Waals surface area contributed by atoms with Gasteiger partial charge in [-0.05, 0) is 19.3 Å². The predicted octanol–water partition coefficient (Wildman–Crippen LogP) is 2.91. The molecule has 1 fully saturated rings. The van der Waals surface area contributed by atoms with E-state index in [9.17, 15) is 13.2 Å². The van der Waals surface area contributed by atoms with Crippen LogP contribution in [-0.4, -0.2) is 16.1 Å². The molecular weight excluding hydrogens is 255 g/mol. The molecule has 0 aromatic carbocycles. The lowest BCUT2D eigenvalue weighted by atomic mass is 10.1. The van der Waals surface area contributed by atoms with Crippen molar-refractivity contribution in [3.05, 3.63) is 17.2 Å². The summed E-state index contributed by atoms with van der Waals surface area (Å²) in [7, 11) is 0. The van der Waals surface area contributed by atoms with Gasteiger partial charge >= 0.3 is 6.18 Å². The summed E-state index contributed by atoms with van der Waals surface area (Å²) in [6.07, 6.45) is -0.587. The highest BCUT2D eigenvalue weighted by Crippen LogP contribution is 2.40. The van der Waals surface area contributed by atoms with Gasteiger partial charge in [0.2, 0.25) is 5.82 Å². The van der Waals surface area contributed by atoms with Gasteiger partial charge in [-0.25, -0.2) is 4.98 Å². The van der Waals surface area contributed by atoms with E-state index in [-0.39, 0.29) is 6.04 Å². The lowest BCUT2D eigenvalue weighted by Gasteiger charge is -2.22. The third-order valence-electron chi connectivity index (χ3n) is 3.99. The summed E-state index contributed by atoms with van der Waals surface area (Å²) in [6, 6.07) is -0.113. The summed E-state index contributed by atoms with van der Waals surface area (Å²) in [5, 5.41) is 3.08. The molecule has 0 bridgehead atoms. The molecule has 1 aliphatic carbocycles. The number of hydrogen-bond donors (Lipinski definition) is 1. The third kappa shape index (κ3) is 2.50. The highest BCUT2D eigenvalue weighted by molar-refractivity contribution is 5.22. The fourth-order valence-corrected chi connectivity index (χ4v) is 2.95. The van der Waals surface area contributed by atoms with Crippen molar-refractivity contribution in [2.45, 2.75) is 51.4 Å². The predicted molar refractivity (Wildman–Crippen MR) is 64.7 cm³/mol. The first-order valence-electron chi connectivity index (χ1n) is 6.84. The molecule has 19 heavy (non-hydrogen) atoms. The number of rotatable bonds is 3. The first kappa shape index (κ1) is 13.0. The van der Waals surface area contributed by atoms with Gasteiger partial charge in [0.25, 0.3) is 0 Å². The number of hydrogen-bond acceptors (Lipinski definition) is 2. The number of nitrogens with zero attached hydrogens (tertiary/aromatic N) is 2. The minimum Gasteiger partial charge on any atom is -0.321 e. The molecule has 1 saturated carbocycles. The first-order valence-corrected chi connectivity index (χ1v) is 6.84. The first-order chi connectivity index (χ1) is 8.97. The summed E-state index contributed by atoms with van der Waals surface area (Å²) in [6.45, 7) is 3.06. The zero-order chi connectivity index (χ0) is 13.6. The van der Waals surface area contributed by atoms with E-state index in [2.05, 4.69) is 10.3 Å². The van der Waals surface area contributed by atoms with Crippen molar-refractivity contribution in [2.24, 2.45) is 5.92 Å². The van der Waals surface area contributed by atoms with Gasteiger partial charge in [0.15, 0.2) is 0 Å². The fourth-order valence-electron chi connectivity index (χ4n) is 2.95. The van der Waals surface area contributed by atoms with Crippen LogP contribution in [0.5, 0.6) is 0 Å². The number of fused-ring (bicyclic) bond motifs is 1. The number of imidazole rings is 1. The lowest BCUT2D eigenvalue weighted by Crippen LogP contribution is -2.26. The number of halogens is 3. The molecule has 1 aromatic heterocycles. The summed E-state index contributed by atoms with van der Waals surface area (Å²) in [5.41, 5.74) is 1.35. The molecule has 1 atom stereocenters. The molecule has 106 valence electrons. The van der Waals surface area contributed by atoms with Crippen LogP contribution < -0.4 is 5.32 Å². The van der Waals surface area contributed by atoms with Crippen molar-refractivity contribution in [2.75, 3.05) is 6.54 Å². The van der Waals surface area contributed by atoms with E-state index in [1.807, 2.05) is 6.92 Å². The summed E-state index contributed by atoms with van der Waals surface area (Å²) < 4.78 is 40.9. The van der Waals surface area contributed by atoms with E-state index in [0.717, 1.165) is 31.5 Å². The maximum atomic E-state index is 13.1. The summed E-state index contributed by atoms with van der Waals surface area (Å²) in [5.74, 6) is -0.106. The Bertz CT molecular complexity index is 474. The van der Waals surface area contributed by atoms with Crippen LogP contribution in [0.3, 0.4) is 0 Å². The van der Waals surface area contributed by atoms with Crippen LogP contribution in [0.15, 0.2) is 0 Å². The Labute approximate surface area is 110 Å². The fraction of sp³-hybridized carbons (Fsp3) is 0.769. The Hall–Kier alpha value is -1.04. The van der Waals surface area contributed by atoms with Crippen LogP contribution in [0.2, 0.25) is 0 Å². The van der Waals surface area contributed by atoms with Crippen molar-refractivity contribution in [3.8, 4) is 0 Å². The van der Waals surface area contributed by atoms with Crippen molar-refractivity contribution in [1.29, 1.82) is 0 Å². The number of nitrogens with one attached hydrogen (secondary N) is 1. The van der Waals surface area contributed by atoms with Gasteiger partial charge in [0.1, 0.15) is 0 Å². The topological polar surface area (TPSA) is 29.9 Å². The molecule has 1 aliphatic heterocycles. The van der Waals surface area contributed by atoms with E-state index in [4.69, 9.17) is 0 Å². The average Bonchev–Trinajstić information content (AvgIpc) is 3.05. The SMILES string of the molecule is CC(CC1CC1)n1c(C(F)(F)F)nc2c1CCNC2. The van der Waals surface area contributed by atoms with Gasteiger partial charge in [-0.1, -0.05) is 12.8 Å². The molecule has 3 rings (SSSR count). The second kappa shape index (κ2) is 4.51. The number of alkyl halides is 3. The highest BCUT2D eigenvalue weighted by Gasteiger charge is 2.41. The normalized spacial score (nSPS) is 21.3. The van der Waals surface area contributed by atoms with E-state index in [0.29, 0.717) is 24.6 Å². The smallest absolute Gasteiger partial charge is 0.321 e. The van der Waals surface area contributed by atoms with Gasteiger partial charge < -0.3 is 9.88 Å². The zero-order valence-electron chi connectivity index (χ0n) is 10.9. The second-order valence-corrected chi connectivity index (χ2v) is 5.65. The largest absolute Gasteiger partial charge is 0.449 e. The van der Waals surface area contributed by atoms with Crippen molar-refractivity contribution in [3.63, 3.8) is 0 Å². The molecule has 0 radical (unpaired) electrons. The Balaban J connectivity index is 2.00. The van der Waals surface area contributed by atoms with Gasteiger partial charge in [-0.3, -0.25) is 0 Å².